The zero-order chi connectivity index (χ0) is 13.7. The summed E-state index contributed by atoms with van der Waals surface area (Å²) in [6, 6.07) is 5.91. The van der Waals surface area contributed by atoms with Gasteiger partial charge in [0.2, 0.25) is 0 Å². The van der Waals surface area contributed by atoms with Crippen molar-refractivity contribution in [2.75, 3.05) is 13.7 Å². The van der Waals surface area contributed by atoms with Crippen LogP contribution in [0.5, 0.6) is 5.75 Å². The summed E-state index contributed by atoms with van der Waals surface area (Å²) in [4.78, 5) is 11.6. The summed E-state index contributed by atoms with van der Waals surface area (Å²) >= 11 is 0. The minimum absolute atomic E-state index is 0.269. The fourth-order valence-electron chi connectivity index (χ4n) is 1.77. The molecule has 1 fully saturated rings. The van der Waals surface area contributed by atoms with Crippen LogP contribution in [-0.2, 0) is 9.53 Å². The number of benzene rings is 1. The fraction of sp³-hybridized carbons (Fsp3) is 0.500. The van der Waals surface area contributed by atoms with Crippen LogP contribution in [0.1, 0.15) is 19.3 Å². The van der Waals surface area contributed by atoms with Gasteiger partial charge in [0.25, 0.3) is 0 Å². The van der Waals surface area contributed by atoms with Gasteiger partial charge < -0.3 is 14.8 Å². The number of esters is 1. The summed E-state index contributed by atoms with van der Waals surface area (Å²) < 4.78 is 22.9. The van der Waals surface area contributed by atoms with E-state index in [4.69, 9.17) is 9.47 Å². The molecule has 0 saturated heterocycles. The van der Waals surface area contributed by atoms with Gasteiger partial charge >= 0.3 is 5.97 Å². The van der Waals surface area contributed by atoms with Crippen LogP contribution in [0.4, 0.5) is 4.39 Å². The van der Waals surface area contributed by atoms with Crippen LogP contribution in [0.15, 0.2) is 24.3 Å². The average molecular weight is 267 g/mol. The summed E-state index contributed by atoms with van der Waals surface area (Å²) in [7, 11) is 1.38. The van der Waals surface area contributed by atoms with E-state index in [1.165, 1.54) is 19.2 Å². The van der Waals surface area contributed by atoms with E-state index < -0.39 is 0 Å². The first-order valence-corrected chi connectivity index (χ1v) is 6.41. The number of halogens is 1. The molecule has 0 aromatic heterocycles. The molecular weight excluding hydrogens is 249 g/mol. The lowest BCUT2D eigenvalue weighted by molar-refractivity contribution is -0.143. The Hall–Kier alpha value is -1.62. The minimum Gasteiger partial charge on any atom is -0.494 e. The van der Waals surface area contributed by atoms with E-state index in [2.05, 4.69) is 5.32 Å². The van der Waals surface area contributed by atoms with Gasteiger partial charge in [-0.15, -0.1) is 0 Å². The molecule has 0 heterocycles. The molecule has 1 saturated carbocycles. The molecule has 1 N–H and O–H groups in total. The average Bonchev–Trinajstić information content (AvgIpc) is 3.23. The highest BCUT2D eigenvalue weighted by atomic mass is 19.1. The van der Waals surface area contributed by atoms with E-state index in [1.54, 1.807) is 12.1 Å². The summed E-state index contributed by atoms with van der Waals surface area (Å²) in [5.74, 6) is 0.0289. The largest absolute Gasteiger partial charge is 0.494 e. The third-order valence-corrected chi connectivity index (χ3v) is 2.99. The number of methoxy groups -OCH3 is 1. The molecule has 1 aliphatic carbocycles. The number of rotatable bonds is 7. The molecule has 1 atom stereocenters. The van der Waals surface area contributed by atoms with E-state index in [0.717, 1.165) is 12.8 Å². The SMILES string of the molecule is COC(=O)C(CCOc1ccc(F)cc1)NC1CC1. The first-order valence-electron chi connectivity index (χ1n) is 6.41. The number of ether oxygens (including phenoxy) is 2. The van der Waals surface area contributed by atoms with E-state index in [-0.39, 0.29) is 17.8 Å². The smallest absolute Gasteiger partial charge is 0.322 e. The molecule has 19 heavy (non-hydrogen) atoms. The topological polar surface area (TPSA) is 47.6 Å². The Morgan fingerprint density at radius 1 is 1.42 bits per heavy atom. The second kappa shape index (κ2) is 6.52. The molecular formula is C14H18FNO3. The van der Waals surface area contributed by atoms with Crippen molar-refractivity contribution in [3.63, 3.8) is 0 Å². The Kier molecular flexibility index (Phi) is 4.74. The molecule has 2 rings (SSSR count). The van der Waals surface area contributed by atoms with Crippen LogP contribution in [0.25, 0.3) is 0 Å². The van der Waals surface area contributed by atoms with Gasteiger partial charge in [0, 0.05) is 12.5 Å². The van der Waals surface area contributed by atoms with Crippen molar-refractivity contribution < 1.29 is 18.7 Å². The van der Waals surface area contributed by atoms with Crippen LogP contribution in [-0.4, -0.2) is 31.8 Å². The number of hydrogen-bond donors (Lipinski definition) is 1. The van der Waals surface area contributed by atoms with E-state index in [9.17, 15) is 9.18 Å². The summed E-state index contributed by atoms with van der Waals surface area (Å²) in [5.41, 5.74) is 0. The zero-order valence-electron chi connectivity index (χ0n) is 10.9. The molecule has 0 amide bonds. The van der Waals surface area contributed by atoms with Crippen LogP contribution >= 0.6 is 0 Å². The maximum absolute atomic E-state index is 12.7. The third-order valence-electron chi connectivity index (χ3n) is 2.99. The quantitative estimate of drug-likeness (QED) is 0.766. The number of carbonyl (C=O) groups excluding carboxylic acids is 1. The van der Waals surface area contributed by atoms with Crippen molar-refractivity contribution in [2.45, 2.75) is 31.3 Å². The second-order valence-corrected chi connectivity index (χ2v) is 4.61. The van der Waals surface area contributed by atoms with Gasteiger partial charge in [0.15, 0.2) is 0 Å². The Bertz CT molecular complexity index is 417. The Balaban J connectivity index is 1.77. The molecule has 0 spiro atoms. The van der Waals surface area contributed by atoms with Crippen molar-refractivity contribution in [3.05, 3.63) is 30.1 Å². The first kappa shape index (κ1) is 13.8. The molecule has 0 radical (unpaired) electrons. The lowest BCUT2D eigenvalue weighted by atomic mass is 10.2. The predicted molar refractivity (Wildman–Crippen MR) is 68.5 cm³/mol. The summed E-state index contributed by atoms with van der Waals surface area (Å²) in [5, 5.41) is 3.22. The Morgan fingerprint density at radius 2 is 2.11 bits per heavy atom. The van der Waals surface area contributed by atoms with Gasteiger partial charge in [-0.25, -0.2) is 4.39 Å². The second-order valence-electron chi connectivity index (χ2n) is 4.61. The first-order chi connectivity index (χ1) is 9.19. The zero-order valence-corrected chi connectivity index (χ0v) is 10.9. The fourth-order valence-corrected chi connectivity index (χ4v) is 1.77. The molecule has 4 nitrogen and oxygen atoms in total. The normalized spacial score (nSPS) is 15.9. The van der Waals surface area contributed by atoms with Crippen molar-refractivity contribution >= 4 is 5.97 Å². The molecule has 1 unspecified atom stereocenters. The van der Waals surface area contributed by atoms with E-state index >= 15 is 0 Å². The van der Waals surface area contributed by atoms with E-state index in [1.807, 2.05) is 0 Å². The van der Waals surface area contributed by atoms with Crippen molar-refractivity contribution in [2.24, 2.45) is 0 Å². The molecule has 0 bridgehead atoms. The van der Waals surface area contributed by atoms with Gasteiger partial charge in [0.1, 0.15) is 17.6 Å². The van der Waals surface area contributed by atoms with Gasteiger partial charge in [0.05, 0.1) is 13.7 Å². The number of hydrogen-bond acceptors (Lipinski definition) is 4. The summed E-state index contributed by atoms with van der Waals surface area (Å²) in [6.07, 6.45) is 2.74. The van der Waals surface area contributed by atoms with Crippen LogP contribution in [0.3, 0.4) is 0 Å². The molecule has 0 aliphatic heterocycles. The van der Waals surface area contributed by atoms with Crippen molar-refractivity contribution in [1.29, 1.82) is 0 Å². The third kappa shape index (κ3) is 4.52. The highest BCUT2D eigenvalue weighted by molar-refractivity contribution is 5.75. The lowest BCUT2D eigenvalue weighted by Gasteiger charge is -2.16. The van der Waals surface area contributed by atoms with Crippen molar-refractivity contribution in [3.8, 4) is 5.75 Å². The number of nitrogens with one attached hydrogen (secondary N) is 1. The Labute approximate surface area is 111 Å². The number of carbonyl (C=O) groups is 1. The summed E-state index contributed by atoms with van der Waals surface area (Å²) in [6.45, 7) is 0.380. The van der Waals surface area contributed by atoms with Crippen LogP contribution in [0, 0.1) is 5.82 Å². The highest BCUT2D eigenvalue weighted by Gasteiger charge is 2.28. The minimum atomic E-state index is -0.335. The Morgan fingerprint density at radius 3 is 2.68 bits per heavy atom. The lowest BCUT2D eigenvalue weighted by Crippen LogP contribution is -2.40. The van der Waals surface area contributed by atoms with Gasteiger partial charge in [-0.3, -0.25) is 4.79 Å². The van der Waals surface area contributed by atoms with Crippen molar-refractivity contribution in [1.82, 2.24) is 5.32 Å². The molecule has 1 aromatic carbocycles. The van der Waals surface area contributed by atoms with Gasteiger partial charge in [-0.1, -0.05) is 0 Å². The maximum Gasteiger partial charge on any atom is 0.322 e. The molecule has 1 aromatic rings. The monoisotopic (exact) mass is 267 g/mol. The molecule has 1 aliphatic rings. The predicted octanol–water partition coefficient (Wildman–Crippen LogP) is 1.89. The molecule has 104 valence electrons. The highest BCUT2D eigenvalue weighted by Crippen LogP contribution is 2.20. The van der Waals surface area contributed by atoms with Crippen LogP contribution in [0.2, 0.25) is 0 Å². The standard InChI is InChI=1S/C14H18FNO3/c1-18-14(17)13(16-11-4-5-11)8-9-19-12-6-2-10(15)3-7-12/h2-3,6-7,11,13,16H,4-5,8-9H2,1H3. The van der Waals surface area contributed by atoms with Crippen LogP contribution < -0.4 is 10.1 Å². The van der Waals surface area contributed by atoms with Gasteiger partial charge in [-0.05, 0) is 37.1 Å². The van der Waals surface area contributed by atoms with E-state index in [0.29, 0.717) is 24.8 Å². The maximum atomic E-state index is 12.7. The molecule has 5 heteroatoms. The van der Waals surface area contributed by atoms with Gasteiger partial charge in [-0.2, -0.15) is 0 Å².